The van der Waals surface area contributed by atoms with Crippen molar-refractivity contribution in [3.8, 4) is 0 Å². The van der Waals surface area contributed by atoms with Crippen LogP contribution in [0.25, 0.3) is 0 Å². The van der Waals surface area contributed by atoms with Gasteiger partial charge in [0, 0.05) is 25.4 Å². The fourth-order valence-electron chi connectivity index (χ4n) is 1.98. The number of anilines is 1. The van der Waals surface area contributed by atoms with E-state index in [4.69, 9.17) is 10.5 Å². The molecule has 1 aliphatic heterocycles. The predicted molar refractivity (Wildman–Crippen MR) is 70.2 cm³/mol. The van der Waals surface area contributed by atoms with E-state index in [1.54, 1.807) is 0 Å². The second-order valence-electron chi connectivity index (χ2n) is 4.19. The largest absolute Gasteiger partial charge is 0.399 e. The lowest BCUT2D eigenvalue weighted by atomic mass is 10.2. The third-order valence-electron chi connectivity index (χ3n) is 2.88. The van der Waals surface area contributed by atoms with Gasteiger partial charge < -0.3 is 10.5 Å². The van der Waals surface area contributed by atoms with E-state index >= 15 is 0 Å². The summed E-state index contributed by atoms with van der Waals surface area (Å²) >= 11 is 0. The summed E-state index contributed by atoms with van der Waals surface area (Å²) in [4.78, 5) is 12.1. The highest BCUT2D eigenvalue weighted by Gasteiger charge is 2.40. The van der Waals surface area contributed by atoms with Crippen molar-refractivity contribution in [1.29, 1.82) is 0 Å². The molecule has 0 saturated carbocycles. The first kappa shape index (κ1) is 13.8. The van der Waals surface area contributed by atoms with Crippen molar-refractivity contribution in [2.45, 2.75) is 18.2 Å². The van der Waals surface area contributed by atoms with Gasteiger partial charge in [-0.05, 0) is 31.5 Å². The molecule has 0 unspecified atom stereocenters. The zero-order chi connectivity index (χ0) is 14.0. The van der Waals surface area contributed by atoms with Crippen LogP contribution in [0.15, 0.2) is 23.1 Å². The van der Waals surface area contributed by atoms with Gasteiger partial charge in [-0.25, -0.2) is 12.7 Å². The fourth-order valence-corrected chi connectivity index (χ4v) is 3.57. The van der Waals surface area contributed by atoms with Gasteiger partial charge in [-0.2, -0.15) is 0 Å². The maximum absolute atomic E-state index is 12.2. The number of nitrogen functional groups attached to an aromatic ring is 1. The van der Waals surface area contributed by atoms with Crippen molar-refractivity contribution < 1.29 is 17.9 Å². The molecular formula is C12H16N2O4S. The van der Waals surface area contributed by atoms with Crippen LogP contribution in [-0.4, -0.2) is 38.4 Å². The highest BCUT2D eigenvalue weighted by Crippen LogP contribution is 2.31. The molecule has 19 heavy (non-hydrogen) atoms. The molecule has 0 fully saturated rings. The summed E-state index contributed by atoms with van der Waals surface area (Å²) in [5, 5.41) is 0. The molecule has 1 amide bonds. The zero-order valence-electron chi connectivity index (χ0n) is 10.6. The Morgan fingerprint density at radius 2 is 2.11 bits per heavy atom. The van der Waals surface area contributed by atoms with Crippen LogP contribution in [0.5, 0.6) is 0 Å². The van der Waals surface area contributed by atoms with E-state index in [-0.39, 0.29) is 17.0 Å². The van der Waals surface area contributed by atoms with Gasteiger partial charge >= 0.3 is 0 Å². The minimum absolute atomic E-state index is 0.0307. The molecule has 0 saturated heterocycles. The number of benzene rings is 1. The van der Waals surface area contributed by atoms with Crippen LogP contribution in [-0.2, 0) is 14.8 Å². The second kappa shape index (κ2) is 5.18. The molecule has 0 radical (unpaired) electrons. The van der Waals surface area contributed by atoms with Crippen LogP contribution in [0, 0.1) is 0 Å². The van der Waals surface area contributed by atoms with Crippen molar-refractivity contribution in [2.75, 3.05) is 25.5 Å². The molecule has 2 rings (SSSR count). The van der Waals surface area contributed by atoms with Crippen molar-refractivity contribution >= 4 is 21.6 Å². The van der Waals surface area contributed by atoms with Gasteiger partial charge in [0.25, 0.3) is 15.9 Å². The van der Waals surface area contributed by atoms with Crippen molar-refractivity contribution in [1.82, 2.24) is 4.31 Å². The standard InChI is InChI=1S/C12H16N2O4S/c1-2-18-7-3-6-14-12(15)10-8-9(13)4-5-11(10)19(14,16)17/h4-5,8H,2-3,6-7,13H2,1H3. The number of nitrogens with zero attached hydrogens (tertiary/aromatic N) is 1. The molecule has 6 nitrogen and oxygen atoms in total. The molecule has 0 bridgehead atoms. The highest BCUT2D eigenvalue weighted by molar-refractivity contribution is 7.90. The Morgan fingerprint density at radius 1 is 1.37 bits per heavy atom. The lowest BCUT2D eigenvalue weighted by Crippen LogP contribution is -2.31. The number of nitrogens with two attached hydrogens (primary N) is 1. The van der Waals surface area contributed by atoms with Crippen LogP contribution in [0.2, 0.25) is 0 Å². The van der Waals surface area contributed by atoms with Crippen molar-refractivity contribution in [2.24, 2.45) is 0 Å². The number of carbonyl (C=O) groups excluding carboxylic acids is 1. The first-order valence-electron chi connectivity index (χ1n) is 6.03. The normalized spacial score (nSPS) is 16.7. The number of hydrogen-bond donors (Lipinski definition) is 1. The maximum Gasteiger partial charge on any atom is 0.269 e. The summed E-state index contributed by atoms with van der Waals surface area (Å²) in [5.41, 5.74) is 6.10. The molecule has 1 heterocycles. The number of amides is 1. The summed E-state index contributed by atoms with van der Waals surface area (Å²) in [6.07, 6.45) is 0.474. The molecule has 1 aromatic carbocycles. The molecular weight excluding hydrogens is 268 g/mol. The minimum atomic E-state index is -3.73. The van der Waals surface area contributed by atoms with Gasteiger partial charge in [-0.1, -0.05) is 0 Å². The molecule has 0 spiro atoms. The van der Waals surface area contributed by atoms with E-state index in [1.165, 1.54) is 18.2 Å². The first-order valence-corrected chi connectivity index (χ1v) is 7.47. The van der Waals surface area contributed by atoms with Crippen LogP contribution >= 0.6 is 0 Å². The van der Waals surface area contributed by atoms with Gasteiger partial charge in [0.1, 0.15) is 4.90 Å². The van der Waals surface area contributed by atoms with Gasteiger partial charge in [-0.15, -0.1) is 0 Å². The number of carbonyl (C=O) groups is 1. The Kier molecular flexibility index (Phi) is 3.77. The summed E-state index contributed by atoms with van der Waals surface area (Å²) in [7, 11) is -3.73. The van der Waals surface area contributed by atoms with E-state index in [1.807, 2.05) is 6.92 Å². The summed E-state index contributed by atoms with van der Waals surface area (Å²) < 4.78 is 30.4. The average Bonchev–Trinajstić information content (AvgIpc) is 2.54. The third kappa shape index (κ3) is 2.43. The van der Waals surface area contributed by atoms with E-state index in [9.17, 15) is 13.2 Å². The number of rotatable bonds is 5. The lowest BCUT2D eigenvalue weighted by molar-refractivity contribution is 0.0853. The predicted octanol–water partition coefficient (Wildman–Crippen LogP) is 0.840. The number of hydrogen-bond acceptors (Lipinski definition) is 5. The van der Waals surface area contributed by atoms with Crippen molar-refractivity contribution in [3.05, 3.63) is 23.8 Å². The highest BCUT2D eigenvalue weighted by atomic mass is 32.2. The summed E-state index contributed by atoms with van der Waals surface area (Å²) in [6.45, 7) is 2.97. The van der Waals surface area contributed by atoms with E-state index < -0.39 is 15.9 Å². The van der Waals surface area contributed by atoms with E-state index in [0.29, 0.717) is 25.3 Å². The Hall–Kier alpha value is -1.60. The number of ether oxygens (including phenoxy) is 1. The fraction of sp³-hybridized carbons (Fsp3) is 0.417. The quantitative estimate of drug-likeness (QED) is 0.639. The Morgan fingerprint density at radius 3 is 2.79 bits per heavy atom. The molecule has 0 atom stereocenters. The van der Waals surface area contributed by atoms with Gasteiger partial charge in [0.05, 0.1) is 5.56 Å². The SMILES string of the molecule is CCOCCCN1C(=O)c2cc(N)ccc2S1(=O)=O. The third-order valence-corrected chi connectivity index (χ3v) is 4.72. The Labute approximate surface area is 112 Å². The summed E-state index contributed by atoms with van der Waals surface area (Å²) in [6, 6.07) is 4.26. The van der Waals surface area contributed by atoms with Gasteiger partial charge in [0.2, 0.25) is 0 Å². The smallest absolute Gasteiger partial charge is 0.269 e. The molecule has 0 aliphatic carbocycles. The first-order chi connectivity index (χ1) is 8.98. The molecule has 7 heteroatoms. The van der Waals surface area contributed by atoms with Crippen LogP contribution in [0.3, 0.4) is 0 Å². The van der Waals surface area contributed by atoms with Crippen LogP contribution < -0.4 is 5.73 Å². The second-order valence-corrected chi connectivity index (χ2v) is 6.02. The Bertz CT molecular complexity index is 598. The van der Waals surface area contributed by atoms with Gasteiger partial charge in [-0.3, -0.25) is 4.79 Å². The average molecular weight is 284 g/mol. The number of sulfonamides is 1. The summed E-state index contributed by atoms with van der Waals surface area (Å²) in [5.74, 6) is -0.515. The molecule has 0 aromatic heterocycles. The minimum Gasteiger partial charge on any atom is -0.399 e. The van der Waals surface area contributed by atoms with Crippen molar-refractivity contribution in [3.63, 3.8) is 0 Å². The number of fused-ring (bicyclic) bond motifs is 1. The van der Waals surface area contributed by atoms with Gasteiger partial charge in [0.15, 0.2) is 0 Å². The van der Waals surface area contributed by atoms with Crippen LogP contribution in [0.4, 0.5) is 5.69 Å². The zero-order valence-corrected chi connectivity index (χ0v) is 11.4. The van der Waals surface area contributed by atoms with E-state index in [2.05, 4.69) is 0 Å². The monoisotopic (exact) mass is 284 g/mol. The lowest BCUT2D eigenvalue weighted by Gasteiger charge is -2.14. The molecule has 104 valence electrons. The van der Waals surface area contributed by atoms with Crippen LogP contribution in [0.1, 0.15) is 23.7 Å². The maximum atomic E-state index is 12.2. The van der Waals surface area contributed by atoms with E-state index in [0.717, 1.165) is 4.31 Å². The molecule has 1 aliphatic rings. The Balaban J connectivity index is 2.23. The molecule has 1 aromatic rings. The molecule has 2 N–H and O–H groups in total. The topological polar surface area (TPSA) is 89.7 Å².